The third kappa shape index (κ3) is 3.96. The van der Waals surface area contributed by atoms with Crippen molar-refractivity contribution in [2.24, 2.45) is 0 Å². The van der Waals surface area contributed by atoms with Crippen LogP contribution in [0.1, 0.15) is 11.1 Å². The summed E-state index contributed by atoms with van der Waals surface area (Å²) in [6.07, 6.45) is 1.62. The van der Waals surface area contributed by atoms with E-state index in [-0.39, 0.29) is 0 Å². The molecule has 0 radical (unpaired) electrons. The highest BCUT2D eigenvalue weighted by molar-refractivity contribution is 6.02. The summed E-state index contributed by atoms with van der Waals surface area (Å²) in [6.45, 7) is 3.83. The summed E-state index contributed by atoms with van der Waals surface area (Å²) < 4.78 is 0. The van der Waals surface area contributed by atoms with E-state index in [2.05, 4.69) is 5.32 Å². The normalized spacial score (nSPS) is 10.4. The number of benzene rings is 1. The molecule has 4 heteroatoms. The van der Waals surface area contributed by atoms with Crippen LogP contribution in [0.5, 0.6) is 0 Å². The summed E-state index contributed by atoms with van der Waals surface area (Å²) in [4.78, 5) is 21.3. The highest BCUT2D eigenvalue weighted by Gasteiger charge is 1.99. The van der Waals surface area contributed by atoms with Crippen LogP contribution in [-0.4, -0.2) is 11.9 Å². The Hall–Kier alpha value is -2.10. The summed E-state index contributed by atoms with van der Waals surface area (Å²) in [6, 6.07) is 5.59. The van der Waals surface area contributed by atoms with E-state index in [4.69, 9.17) is 0 Å². The van der Waals surface area contributed by atoms with Gasteiger partial charge >= 0.3 is 0 Å². The Labute approximate surface area is 93.6 Å². The number of carbonyl (C=O) groups excluding carboxylic acids is 2. The summed E-state index contributed by atoms with van der Waals surface area (Å²) >= 11 is 0. The third-order valence-electron chi connectivity index (χ3n) is 1.86. The van der Waals surface area contributed by atoms with E-state index in [0.717, 1.165) is 17.2 Å². The zero-order chi connectivity index (χ0) is 12.1. The van der Waals surface area contributed by atoms with Gasteiger partial charge in [0.25, 0.3) is 0 Å². The summed E-state index contributed by atoms with van der Waals surface area (Å²) in [5.74, 6) is -1.88. The van der Waals surface area contributed by atoms with Gasteiger partial charge in [-0.1, -0.05) is 6.07 Å². The first-order valence-electron chi connectivity index (χ1n) is 4.76. The van der Waals surface area contributed by atoms with Gasteiger partial charge < -0.3 is 15.2 Å². The number of rotatable bonds is 3. The summed E-state index contributed by atoms with van der Waals surface area (Å²) in [5.41, 5.74) is 2.70. The Kier molecular flexibility index (Phi) is 3.83. The molecule has 0 aliphatic carbocycles. The van der Waals surface area contributed by atoms with Crippen molar-refractivity contribution in [3.05, 3.63) is 41.5 Å². The molecule has 0 spiro atoms. The SMILES string of the molecule is Cc1cc(C)cc(NC(=O)/C=C/C(=O)[O-])c1. The molecule has 0 aromatic heterocycles. The number of carboxylic acids is 1. The molecule has 0 heterocycles. The molecule has 1 N–H and O–H groups in total. The van der Waals surface area contributed by atoms with Gasteiger partial charge in [-0.05, 0) is 43.2 Å². The molecule has 0 aliphatic heterocycles. The van der Waals surface area contributed by atoms with Gasteiger partial charge in [-0.15, -0.1) is 0 Å². The predicted molar refractivity (Wildman–Crippen MR) is 58.7 cm³/mol. The molecular weight excluding hydrogens is 206 g/mol. The molecule has 0 saturated heterocycles. The van der Waals surface area contributed by atoms with Gasteiger partial charge in [0.2, 0.25) is 5.91 Å². The van der Waals surface area contributed by atoms with Crippen LogP contribution in [-0.2, 0) is 9.59 Å². The van der Waals surface area contributed by atoms with Crippen molar-refractivity contribution in [2.75, 3.05) is 5.32 Å². The topological polar surface area (TPSA) is 69.2 Å². The molecular formula is C12H12NO3-. The molecule has 4 nitrogen and oxygen atoms in total. The van der Waals surface area contributed by atoms with E-state index in [0.29, 0.717) is 11.8 Å². The van der Waals surface area contributed by atoms with E-state index in [1.807, 2.05) is 19.9 Å². The fourth-order valence-corrected chi connectivity index (χ4v) is 1.37. The highest BCUT2D eigenvalue weighted by atomic mass is 16.4. The fraction of sp³-hybridized carbons (Fsp3) is 0.167. The molecule has 1 aromatic carbocycles. The number of carboxylic acid groups (broad SMARTS) is 1. The molecule has 0 bridgehead atoms. The Morgan fingerprint density at radius 1 is 1.12 bits per heavy atom. The van der Waals surface area contributed by atoms with Crippen molar-refractivity contribution in [3.63, 3.8) is 0 Å². The first kappa shape index (κ1) is 12.0. The predicted octanol–water partition coefficient (Wildman–Crippen LogP) is 0.548. The van der Waals surface area contributed by atoms with Crippen molar-refractivity contribution in [2.45, 2.75) is 13.8 Å². The number of hydrogen-bond acceptors (Lipinski definition) is 3. The first-order valence-corrected chi connectivity index (χ1v) is 4.76. The highest BCUT2D eigenvalue weighted by Crippen LogP contribution is 2.13. The molecule has 84 valence electrons. The van der Waals surface area contributed by atoms with Gasteiger partial charge in [-0.25, -0.2) is 0 Å². The maximum absolute atomic E-state index is 11.3. The quantitative estimate of drug-likeness (QED) is 0.753. The Morgan fingerprint density at radius 3 is 2.19 bits per heavy atom. The van der Waals surface area contributed by atoms with Gasteiger partial charge in [0.15, 0.2) is 0 Å². The lowest BCUT2D eigenvalue weighted by molar-refractivity contribution is -0.297. The second-order valence-corrected chi connectivity index (χ2v) is 3.52. The van der Waals surface area contributed by atoms with Crippen LogP contribution in [0.25, 0.3) is 0 Å². The molecule has 0 aliphatic rings. The Bertz CT molecular complexity index is 429. The van der Waals surface area contributed by atoms with Gasteiger partial charge in [-0.3, -0.25) is 4.79 Å². The zero-order valence-corrected chi connectivity index (χ0v) is 9.11. The molecule has 1 rings (SSSR count). The lowest BCUT2D eigenvalue weighted by Crippen LogP contribution is -2.20. The van der Waals surface area contributed by atoms with Crippen LogP contribution in [0.4, 0.5) is 5.69 Å². The van der Waals surface area contributed by atoms with Gasteiger partial charge in [0.1, 0.15) is 0 Å². The molecule has 0 saturated carbocycles. The van der Waals surface area contributed by atoms with E-state index >= 15 is 0 Å². The second kappa shape index (κ2) is 5.11. The first-order chi connectivity index (χ1) is 7.47. The lowest BCUT2D eigenvalue weighted by Gasteiger charge is -2.05. The van der Waals surface area contributed by atoms with Crippen molar-refractivity contribution in [1.29, 1.82) is 0 Å². The van der Waals surface area contributed by atoms with Crippen LogP contribution >= 0.6 is 0 Å². The van der Waals surface area contributed by atoms with E-state index in [1.54, 1.807) is 12.1 Å². The van der Waals surface area contributed by atoms with Crippen molar-refractivity contribution in [3.8, 4) is 0 Å². The van der Waals surface area contributed by atoms with Crippen LogP contribution in [0, 0.1) is 13.8 Å². The number of aliphatic carboxylic acids is 1. The number of aryl methyl sites for hydroxylation is 2. The second-order valence-electron chi connectivity index (χ2n) is 3.52. The number of nitrogens with one attached hydrogen (secondary N) is 1. The average molecular weight is 218 g/mol. The summed E-state index contributed by atoms with van der Waals surface area (Å²) in [5, 5.41) is 12.6. The minimum Gasteiger partial charge on any atom is -0.545 e. The molecule has 1 aromatic rings. The van der Waals surface area contributed by atoms with E-state index in [9.17, 15) is 14.7 Å². The van der Waals surface area contributed by atoms with Crippen molar-refractivity contribution in [1.82, 2.24) is 0 Å². The lowest BCUT2D eigenvalue weighted by atomic mass is 10.1. The molecule has 0 unspecified atom stereocenters. The third-order valence-corrected chi connectivity index (χ3v) is 1.86. The van der Waals surface area contributed by atoms with Crippen LogP contribution in [0.15, 0.2) is 30.4 Å². The number of carbonyl (C=O) groups is 2. The average Bonchev–Trinajstić information content (AvgIpc) is 2.12. The minimum absolute atomic E-state index is 0.491. The molecule has 16 heavy (non-hydrogen) atoms. The number of anilines is 1. The maximum Gasteiger partial charge on any atom is 0.248 e. The van der Waals surface area contributed by atoms with Crippen LogP contribution < -0.4 is 10.4 Å². The van der Waals surface area contributed by atoms with Crippen molar-refractivity contribution >= 4 is 17.6 Å². The van der Waals surface area contributed by atoms with E-state index < -0.39 is 11.9 Å². The van der Waals surface area contributed by atoms with Gasteiger partial charge in [0, 0.05) is 11.8 Å². The number of hydrogen-bond donors (Lipinski definition) is 1. The van der Waals surface area contributed by atoms with Crippen LogP contribution in [0.2, 0.25) is 0 Å². The Morgan fingerprint density at radius 2 is 1.69 bits per heavy atom. The largest absolute Gasteiger partial charge is 0.545 e. The standard InChI is InChI=1S/C12H13NO3/c1-8-5-9(2)7-10(6-8)13-11(14)3-4-12(15)16/h3-7H,1-2H3,(H,13,14)(H,15,16)/p-1/b4-3+. The molecule has 1 amide bonds. The number of amides is 1. The molecule has 0 atom stereocenters. The zero-order valence-electron chi connectivity index (χ0n) is 9.11. The monoisotopic (exact) mass is 218 g/mol. The maximum atomic E-state index is 11.3. The van der Waals surface area contributed by atoms with Gasteiger partial charge in [0.05, 0.1) is 5.97 Å². The summed E-state index contributed by atoms with van der Waals surface area (Å²) in [7, 11) is 0. The van der Waals surface area contributed by atoms with Crippen LogP contribution in [0.3, 0.4) is 0 Å². The van der Waals surface area contributed by atoms with Crippen molar-refractivity contribution < 1.29 is 14.7 Å². The molecule has 0 fully saturated rings. The minimum atomic E-state index is -1.39. The fourth-order valence-electron chi connectivity index (χ4n) is 1.37. The van der Waals surface area contributed by atoms with Gasteiger partial charge in [-0.2, -0.15) is 0 Å². The smallest absolute Gasteiger partial charge is 0.248 e. The Balaban J connectivity index is 2.73. The van der Waals surface area contributed by atoms with E-state index in [1.165, 1.54) is 0 Å².